The minimum Gasteiger partial charge on any atom is -0.302 e. The number of amides is 1. The van der Waals surface area contributed by atoms with Gasteiger partial charge in [0.05, 0.1) is 20.8 Å². The number of carbonyl (C=O) groups is 1. The Morgan fingerprint density at radius 1 is 1.00 bits per heavy atom. The maximum atomic E-state index is 12.8. The molecule has 0 aliphatic carbocycles. The fraction of sp³-hybridized carbons (Fsp3) is 0.0500. The van der Waals surface area contributed by atoms with Crippen LogP contribution in [-0.2, 0) is 14.8 Å². The van der Waals surface area contributed by atoms with Gasteiger partial charge in [0.2, 0.25) is 5.91 Å². The van der Waals surface area contributed by atoms with Crippen LogP contribution in [0.25, 0.3) is 21.3 Å². The molecule has 4 aromatic rings. The Morgan fingerprint density at radius 2 is 1.72 bits per heavy atom. The largest absolute Gasteiger partial charge is 0.302 e. The molecule has 164 valence electrons. The molecule has 2 aromatic heterocycles. The highest BCUT2D eigenvalue weighted by Gasteiger charge is 2.18. The number of sulfonamides is 1. The summed E-state index contributed by atoms with van der Waals surface area (Å²) in [6, 6.07) is 11.1. The van der Waals surface area contributed by atoms with Crippen LogP contribution in [0.3, 0.4) is 0 Å². The zero-order chi connectivity index (χ0) is 23.0. The molecule has 32 heavy (non-hydrogen) atoms. The number of hydrogen-bond donors (Lipinski definition) is 2. The molecular formula is C20H13Cl3N4O3S2. The third-order valence-electron chi connectivity index (χ3n) is 4.23. The van der Waals surface area contributed by atoms with Crippen LogP contribution >= 0.6 is 46.1 Å². The van der Waals surface area contributed by atoms with Crippen LogP contribution in [0.1, 0.15) is 6.92 Å². The van der Waals surface area contributed by atoms with E-state index in [0.29, 0.717) is 10.7 Å². The van der Waals surface area contributed by atoms with Gasteiger partial charge in [-0.1, -0.05) is 52.2 Å². The predicted molar refractivity (Wildman–Crippen MR) is 129 cm³/mol. The topological polar surface area (TPSA) is 101 Å². The third-order valence-corrected chi connectivity index (χ3v) is 7.25. The van der Waals surface area contributed by atoms with Gasteiger partial charge in [-0.25, -0.2) is 18.4 Å². The van der Waals surface area contributed by atoms with Crippen LogP contribution < -0.4 is 10.0 Å². The zero-order valence-electron chi connectivity index (χ0n) is 16.2. The van der Waals surface area contributed by atoms with Gasteiger partial charge in [-0.3, -0.25) is 9.52 Å². The smallest absolute Gasteiger partial charge is 0.262 e. The van der Waals surface area contributed by atoms with E-state index >= 15 is 0 Å². The highest BCUT2D eigenvalue weighted by Crippen LogP contribution is 2.33. The van der Waals surface area contributed by atoms with Crippen molar-refractivity contribution in [1.29, 1.82) is 0 Å². The molecule has 0 aliphatic heterocycles. The van der Waals surface area contributed by atoms with Gasteiger partial charge >= 0.3 is 0 Å². The summed E-state index contributed by atoms with van der Waals surface area (Å²) in [6.45, 7) is 1.41. The van der Waals surface area contributed by atoms with Crippen LogP contribution in [-0.4, -0.2) is 24.3 Å². The maximum Gasteiger partial charge on any atom is 0.262 e. The number of halogens is 3. The second-order valence-corrected chi connectivity index (χ2v) is 10.6. The number of anilines is 2. The molecule has 0 radical (unpaired) electrons. The van der Waals surface area contributed by atoms with E-state index in [1.807, 2.05) is 12.1 Å². The van der Waals surface area contributed by atoms with E-state index in [-0.39, 0.29) is 31.7 Å². The minimum absolute atomic E-state index is 0.0164. The fourth-order valence-corrected chi connectivity index (χ4v) is 5.81. The van der Waals surface area contributed by atoms with Gasteiger partial charge in [0, 0.05) is 28.7 Å². The van der Waals surface area contributed by atoms with Crippen molar-refractivity contribution in [1.82, 2.24) is 9.97 Å². The van der Waals surface area contributed by atoms with Gasteiger partial charge in [-0.2, -0.15) is 0 Å². The van der Waals surface area contributed by atoms with Gasteiger partial charge in [0.15, 0.2) is 10.3 Å². The van der Waals surface area contributed by atoms with E-state index in [1.165, 1.54) is 42.7 Å². The molecule has 12 heteroatoms. The van der Waals surface area contributed by atoms with Crippen molar-refractivity contribution in [2.45, 2.75) is 11.8 Å². The number of thiazole rings is 1. The van der Waals surface area contributed by atoms with Crippen LogP contribution in [0.15, 0.2) is 53.6 Å². The molecule has 0 bridgehead atoms. The van der Waals surface area contributed by atoms with E-state index in [2.05, 4.69) is 20.0 Å². The number of fused-ring (bicyclic) bond motifs is 1. The Labute approximate surface area is 202 Å². The molecule has 0 spiro atoms. The predicted octanol–water partition coefficient (Wildman–Crippen LogP) is 6.08. The van der Waals surface area contributed by atoms with Crippen molar-refractivity contribution in [3.05, 3.63) is 63.9 Å². The van der Waals surface area contributed by atoms with Crippen LogP contribution in [0.5, 0.6) is 0 Å². The minimum atomic E-state index is -4.01. The summed E-state index contributed by atoms with van der Waals surface area (Å²) in [7, 11) is -4.01. The number of carbonyl (C=O) groups excluding carboxylic acids is 1. The monoisotopic (exact) mass is 526 g/mol. The molecular weight excluding hydrogens is 515 g/mol. The molecule has 0 aliphatic rings. The number of pyridine rings is 1. The molecule has 2 aromatic carbocycles. The standard InChI is InChI=1S/C20H13Cl3N4O3S2/c1-10(28)25-20-26-16-3-2-11(5-18(16)31-20)12-4-17(19(23)24-9-12)27-32(29,30)15-7-13(21)6-14(22)8-15/h2-9,27H,1H3,(H,25,26,28). The SMILES string of the molecule is CC(=O)Nc1nc2ccc(-c3cnc(Cl)c(NS(=O)(=O)c4cc(Cl)cc(Cl)c4)c3)cc2s1. The fourth-order valence-electron chi connectivity index (χ4n) is 2.87. The maximum absolute atomic E-state index is 12.8. The van der Waals surface area contributed by atoms with E-state index in [9.17, 15) is 13.2 Å². The first kappa shape index (κ1) is 22.8. The van der Waals surface area contributed by atoms with Crippen molar-refractivity contribution in [3.63, 3.8) is 0 Å². The van der Waals surface area contributed by atoms with E-state index in [0.717, 1.165) is 15.8 Å². The van der Waals surface area contributed by atoms with Crippen molar-refractivity contribution in [2.24, 2.45) is 0 Å². The molecule has 4 rings (SSSR count). The highest BCUT2D eigenvalue weighted by atomic mass is 35.5. The lowest BCUT2D eigenvalue weighted by molar-refractivity contribution is -0.114. The number of nitrogens with one attached hydrogen (secondary N) is 2. The van der Waals surface area contributed by atoms with Gasteiger partial charge in [0.1, 0.15) is 0 Å². The van der Waals surface area contributed by atoms with Crippen molar-refractivity contribution in [3.8, 4) is 11.1 Å². The summed E-state index contributed by atoms with van der Waals surface area (Å²) in [5, 5.41) is 3.51. The number of benzene rings is 2. The van der Waals surface area contributed by atoms with E-state index < -0.39 is 10.0 Å². The molecule has 0 unspecified atom stereocenters. The van der Waals surface area contributed by atoms with E-state index in [4.69, 9.17) is 34.8 Å². The number of aromatic nitrogens is 2. The average Bonchev–Trinajstić information content (AvgIpc) is 3.09. The Bertz CT molecular complexity index is 1450. The second-order valence-electron chi connectivity index (χ2n) is 6.66. The van der Waals surface area contributed by atoms with Gasteiger partial charge in [0.25, 0.3) is 10.0 Å². The first-order valence-corrected chi connectivity index (χ1v) is 12.4. The number of nitrogens with zero attached hydrogens (tertiary/aromatic N) is 2. The van der Waals surface area contributed by atoms with Crippen LogP contribution in [0, 0.1) is 0 Å². The zero-order valence-corrected chi connectivity index (χ0v) is 20.1. The molecule has 7 nitrogen and oxygen atoms in total. The summed E-state index contributed by atoms with van der Waals surface area (Å²) in [4.78, 5) is 19.6. The number of hydrogen-bond acceptors (Lipinski definition) is 6. The summed E-state index contributed by atoms with van der Waals surface area (Å²) < 4.78 is 28.9. The first-order chi connectivity index (χ1) is 15.1. The van der Waals surface area contributed by atoms with Crippen LogP contribution in [0.4, 0.5) is 10.8 Å². The molecule has 2 heterocycles. The normalized spacial score (nSPS) is 11.5. The summed E-state index contributed by atoms with van der Waals surface area (Å²) in [6.07, 6.45) is 1.54. The molecule has 0 saturated carbocycles. The Balaban J connectivity index is 1.69. The third kappa shape index (κ3) is 4.97. The van der Waals surface area contributed by atoms with Crippen LogP contribution in [0.2, 0.25) is 15.2 Å². The van der Waals surface area contributed by atoms with E-state index in [1.54, 1.807) is 12.1 Å². The lowest BCUT2D eigenvalue weighted by Crippen LogP contribution is -2.13. The first-order valence-electron chi connectivity index (χ1n) is 8.94. The second kappa shape index (κ2) is 8.84. The molecule has 0 fully saturated rings. The molecule has 2 N–H and O–H groups in total. The molecule has 1 amide bonds. The Kier molecular flexibility index (Phi) is 6.28. The molecule has 0 saturated heterocycles. The number of rotatable bonds is 5. The average molecular weight is 528 g/mol. The lowest BCUT2D eigenvalue weighted by atomic mass is 10.1. The summed E-state index contributed by atoms with van der Waals surface area (Å²) in [5.74, 6) is -0.205. The Morgan fingerprint density at radius 3 is 2.41 bits per heavy atom. The summed E-state index contributed by atoms with van der Waals surface area (Å²) in [5.41, 5.74) is 2.23. The quantitative estimate of drug-likeness (QED) is 0.306. The van der Waals surface area contributed by atoms with Crippen molar-refractivity contribution < 1.29 is 13.2 Å². The Hall–Kier alpha value is -2.43. The van der Waals surface area contributed by atoms with Gasteiger partial charge < -0.3 is 5.32 Å². The van der Waals surface area contributed by atoms with Gasteiger partial charge in [-0.15, -0.1) is 0 Å². The van der Waals surface area contributed by atoms with Crippen molar-refractivity contribution >= 4 is 83.1 Å². The van der Waals surface area contributed by atoms with Crippen molar-refractivity contribution in [2.75, 3.05) is 10.0 Å². The van der Waals surface area contributed by atoms with Gasteiger partial charge in [-0.05, 0) is 42.0 Å². The lowest BCUT2D eigenvalue weighted by Gasteiger charge is -2.11. The highest BCUT2D eigenvalue weighted by molar-refractivity contribution is 7.92. The summed E-state index contributed by atoms with van der Waals surface area (Å²) >= 11 is 19.3. The molecule has 0 atom stereocenters.